The van der Waals surface area contributed by atoms with Crippen LogP contribution in [0.3, 0.4) is 0 Å². The van der Waals surface area contributed by atoms with Crippen LogP contribution in [-0.4, -0.2) is 41.8 Å². The Morgan fingerprint density at radius 3 is 2.61 bits per heavy atom. The molecule has 1 amide bonds. The summed E-state index contributed by atoms with van der Waals surface area (Å²) >= 11 is 1.17. The Hall–Kier alpha value is -2.65. The van der Waals surface area contributed by atoms with Gasteiger partial charge in [-0.1, -0.05) is 0 Å². The molecule has 33 heavy (non-hydrogen) atoms. The number of nitrogens with one attached hydrogen (secondary N) is 1. The Morgan fingerprint density at radius 2 is 1.97 bits per heavy atom. The molecule has 0 spiro atoms. The first-order chi connectivity index (χ1) is 15.8. The average Bonchev–Trinajstić information content (AvgIpc) is 3.40. The Labute approximate surface area is 195 Å². The van der Waals surface area contributed by atoms with Crippen LogP contribution >= 0.6 is 11.3 Å². The predicted molar refractivity (Wildman–Crippen MR) is 120 cm³/mol. The third kappa shape index (κ3) is 4.08. The van der Waals surface area contributed by atoms with E-state index in [-0.39, 0.29) is 12.2 Å². The van der Waals surface area contributed by atoms with Crippen molar-refractivity contribution in [2.75, 3.05) is 18.5 Å². The van der Waals surface area contributed by atoms with E-state index in [1.54, 1.807) is 24.4 Å². The first kappa shape index (κ1) is 22.2. The van der Waals surface area contributed by atoms with Crippen LogP contribution in [0.4, 0.5) is 5.00 Å². The number of thiophene rings is 1. The average molecular weight is 474 g/mol. The molecule has 2 aromatic rings. The SMILES string of the molecule is CCOC(=O)c1c(-c2ccco2)csc1NC(=O)COC(=O)C12CC3CC(CC(O)(C3)C1)C2. The van der Waals surface area contributed by atoms with Crippen molar-refractivity contribution < 1.29 is 33.4 Å². The summed E-state index contributed by atoms with van der Waals surface area (Å²) < 4.78 is 16.0. The van der Waals surface area contributed by atoms with Crippen molar-refractivity contribution in [3.05, 3.63) is 29.3 Å². The molecular weight excluding hydrogens is 446 g/mol. The number of hydrogen-bond acceptors (Lipinski definition) is 8. The Morgan fingerprint density at radius 1 is 1.21 bits per heavy atom. The van der Waals surface area contributed by atoms with Gasteiger partial charge in [-0.25, -0.2) is 4.79 Å². The number of aliphatic hydroxyl groups is 1. The number of amides is 1. The Kier molecular flexibility index (Phi) is 5.56. The van der Waals surface area contributed by atoms with Crippen molar-refractivity contribution in [2.24, 2.45) is 17.3 Å². The summed E-state index contributed by atoms with van der Waals surface area (Å²) in [6.07, 6.45) is 5.93. The monoisotopic (exact) mass is 473 g/mol. The number of hydrogen-bond donors (Lipinski definition) is 2. The second-order valence-corrected chi connectivity index (χ2v) is 10.5. The van der Waals surface area contributed by atoms with Gasteiger partial charge < -0.3 is 24.3 Å². The summed E-state index contributed by atoms with van der Waals surface area (Å²) in [6.45, 7) is 1.44. The molecule has 6 rings (SSSR count). The zero-order chi connectivity index (χ0) is 23.2. The third-order valence-corrected chi connectivity index (χ3v) is 8.00. The van der Waals surface area contributed by atoms with Crippen LogP contribution in [0.5, 0.6) is 0 Å². The quantitative estimate of drug-likeness (QED) is 0.584. The number of carbonyl (C=O) groups is 3. The molecule has 2 N–H and O–H groups in total. The maximum Gasteiger partial charge on any atom is 0.341 e. The topological polar surface area (TPSA) is 115 Å². The van der Waals surface area contributed by atoms with Gasteiger partial charge in [0, 0.05) is 10.9 Å². The molecule has 2 unspecified atom stereocenters. The summed E-state index contributed by atoms with van der Waals surface area (Å²) in [4.78, 5) is 38.2. The summed E-state index contributed by atoms with van der Waals surface area (Å²) in [5.41, 5.74) is -0.735. The van der Waals surface area contributed by atoms with Gasteiger partial charge in [-0.3, -0.25) is 9.59 Å². The molecule has 4 saturated carbocycles. The minimum absolute atomic E-state index is 0.188. The zero-order valence-electron chi connectivity index (χ0n) is 18.4. The van der Waals surface area contributed by atoms with Crippen LogP contribution in [0.2, 0.25) is 0 Å². The maximum absolute atomic E-state index is 13.0. The van der Waals surface area contributed by atoms with Gasteiger partial charge in [-0.15, -0.1) is 11.3 Å². The first-order valence-electron chi connectivity index (χ1n) is 11.3. The first-order valence-corrected chi connectivity index (χ1v) is 12.2. The third-order valence-electron chi connectivity index (χ3n) is 7.11. The van der Waals surface area contributed by atoms with Gasteiger partial charge in [0.1, 0.15) is 16.3 Å². The fraction of sp³-hybridized carbons (Fsp3) is 0.542. The molecule has 0 radical (unpaired) electrons. The Bertz CT molecular complexity index is 1060. The minimum Gasteiger partial charge on any atom is -0.464 e. The lowest BCUT2D eigenvalue weighted by Gasteiger charge is -2.58. The van der Waals surface area contributed by atoms with Crippen molar-refractivity contribution in [3.8, 4) is 11.3 Å². The number of rotatable bonds is 7. The molecular formula is C24H27NO7S. The predicted octanol–water partition coefficient (Wildman–Crippen LogP) is 4.00. The fourth-order valence-corrected chi connectivity index (χ4v) is 7.32. The van der Waals surface area contributed by atoms with Crippen LogP contribution in [0.15, 0.2) is 28.2 Å². The smallest absolute Gasteiger partial charge is 0.341 e. The van der Waals surface area contributed by atoms with E-state index in [0.717, 1.165) is 32.1 Å². The molecule has 0 aliphatic heterocycles. The molecule has 0 aromatic carbocycles. The molecule has 9 heteroatoms. The van der Waals surface area contributed by atoms with Crippen molar-refractivity contribution in [2.45, 2.75) is 51.0 Å². The molecule has 2 heterocycles. The van der Waals surface area contributed by atoms with Gasteiger partial charge in [-0.2, -0.15) is 0 Å². The zero-order valence-corrected chi connectivity index (χ0v) is 19.2. The lowest BCUT2D eigenvalue weighted by atomic mass is 9.48. The van der Waals surface area contributed by atoms with E-state index >= 15 is 0 Å². The summed E-state index contributed by atoms with van der Waals surface area (Å²) in [5.74, 6) is -0.338. The molecule has 176 valence electrons. The van der Waals surface area contributed by atoms with Crippen molar-refractivity contribution >= 4 is 34.2 Å². The van der Waals surface area contributed by atoms with Gasteiger partial charge in [0.05, 0.1) is 23.9 Å². The number of carbonyl (C=O) groups excluding carboxylic acids is 3. The van der Waals surface area contributed by atoms with Crippen molar-refractivity contribution in [3.63, 3.8) is 0 Å². The molecule has 4 bridgehead atoms. The molecule has 2 atom stereocenters. The minimum atomic E-state index is -0.779. The van der Waals surface area contributed by atoms with E-state index in [9.17, 15) is 19.5 Å². The highest BCUT2D eigenvalue weighted by Gasteiger charge is 2.60. The number of furan rings is 1. The van der Waals surface area contributed by atoms with E-state index in [4.69, 9.17) is 13.9 Å². The van der Waals surface area contributed by atoms with Crippen LogP contribution < -0.4 is 5.32 Å². The highest BCUT2D eigenvalue weighted by molar-refractivity contribution is 7.15. The van der Waals surface area contributed by atoms with Gasteiger partial charge in [0.25, 0.3) is 5.91 Å². The summed E-state index contributed by atoms with van der Waals surface area (Å²) in [5, 5.41) is 15.6. The molecule has 4 aliphatic rings. The lowest BCUT2D eigenvalue weighted by molar-refractivity contribution is -0.196. The second-order valence-electron chi connectivity index (χ2n) is 9.64. The molecule has 8 nitrogen and oxygen atoms in total. The highest BCUT2D eigenvalue weighted by Crippen LogP contribution is 2.62. The van der Waals surface area contributed by atoms with E-state index < -0.39 is 35.5 Å². The number of ether oxygens (including phenoxy) is 2. The molecule has 4 fully saturated rings. The van der Waals surface area contributed by atoms with Gasteiger partial charge in [0.2, 0.25) is 0 Å². The molecule has 4 aliphatic carbocycles. The van der Waals surface area contributed by atoms with Crippen molar-refractivity contribution in [1.82, 2.24) is 0 Å². The molecule has 2 aromatic heterocycles. The highest BCUT2D eigenvalue weighted by atomic mass is 32.1. The number of anilines is 1. The lowest BCUT2D eigenvalue weighted by Crippen LogP contribution is -2.58. The summed E-state index contributed by atoms with van der Waals surface area (Å²) in [6, 6.07) is 3.43. The van der Waals surface area contributed by atoms with Crippen LogP contribution in [0.1, 0.15) is 55.8 Å². The van der Waals surface area contributed by atoms with Gasteiger partial charge in [-0.05, 0) is 69.4 Å². The van der Waals surface area contributed by atoms with Crippen LogP contribution in [-0.2, 0) is 19.1 Å². The number of esters is 2. The summed E-state index contributed by atoms with van der Waals surface area (Å²) in [7, 11) is 0. The Balaban J connectivity index is 1.26. The van der Waals surface area contributed by atoms with Crippen molar-refractivity contribution in [1.29, 1.82) is 0 Å². The normalized spacial score (nSPS) is 29.6. The standard InChI is InChI=1S/C24H27NO7S/c1-2-30-21(27)19-16(17-4-3-5-31-17)12-33-20(19)25-18(26)11-32-22(28)23-7-14-6-15(8-23)10-24(29,9-14)13-23/h3-5,12,14-15,29H,2,6-11,13H2,1H3,(H,25,26). The van der Waals surface area contributed by atoms with E-state index in [2.05, 4.69) is 5.32 Å². The van der Waals surface area contributed by atoms with E-state index in [1.807, 2.05) is 0 Å². The second kappa shape index (κ2) is 8.29. The fourth-order valence-electron chi connectivity index (χ4n) is 6.37. The van der Waals surface area contributed by atoms with Gasteiger partial charge >= 0.3 is 11.9 Å². The maximum atomic E-state index is 13.0. The molecule has 0 saturated heterocycles. The van der Waals surface area contributed by atoms with Crippen LogP contribution in [0, 0.1) is 17.3 Å². The van der Waals surface area contributed by atoms with E-state index in [0.29, 0.717) is 34.6 Å². The largest absolute Gasteiger partial charge is 0.464 e. The van der Waals surface area contributed by atoms with E-state index in [1.165, 1.54) is 17.6 Å². The van der Waals surface area contributed by atoms with Crippen LogP contribution in [0.25, 0.3) is 11.3 Å². The van der Waals surface area contributed by atoms with Gasteiger partial charge in [0.15, 0.2) is 6.61 Å².